The Morgan fingerprint density at radius 3 is 1.14 bits per heavy atom. The van der Waals surface area contributed by atoms with Crippen LogP contribution >= 0.6 is 35.0 Å². The van der Waals surface area contributed by atoms with Gasteiger partial charge < -0.3 is 30.0 Å². The zero-order valence-corrected chi connectivity index (χ0v) is 84.7. The molecule has 0 amide bonds. The van der Waals surface area contributed by atoms with Crippen molar-refractivity contribution in [3.05, 3.63) is 178 Å². The summed E-state index contributed by atoms with van der Waals surface area (Å²) >= 11 is 12.9. The number of aryl methyl sites for hydroxylation is 2. The van der Waals surface area contributed by atoms with Gasteiger partial charge in [0.2, 0.25) is 10.6 Å². The van der Waals surface area contributed by atoms with Crippen molar-refractivity contribution in [1.82, 2.24) is 57.8 Å². The number of carboxylic acids is 1. The van der Waals surface area contributed by atoms with E-state index in [1.54, 1.807) is 65.8 Å². The fourth-order valence-corrected chi connectivity index (χ4v) is 20.8. The van der Waals surface area contributed by atoms with E-state index in [1.165, 1.54) is 48.4 Å². The van der Waals surface area contributed by atoms with E-state index in [-0.39, 0.29) is 164 Å². The normalized spacial score (nSPS) is 14.0. The number of anilines is 2. The monoisotopic (exact) mass is 2010 g/mol. The lowest BCUT2D eigenvalue weighted by molar-refractivity contribution is -0.152. The van der Waals surface area contributed by atoms with Crippen molar-refractivity contribution in [3.8, 4) is 22.8 Å². The lowest BCUT2D eigenvalue weighted by atomic mass is 9.79. The van der Waals surface area contributed by atoms with Crippen LogP contribution in [0.5, 0.6) is 0 Å². The van der Waals surface area contributed by atoms with Crippen molar-refractivity contribution in [2.45, 2.75) is 211 Å². The third-order valence-electron chi connectivity index (χ3n) is 19.6. The number of thioether (sulfide) groups is 1. The van der Waals surface area contributed by atoms with E-state index in [9.17, 15) is 70.6 Å². The molecule has 0 spiro atoms. The minimum atomic E-state index is -4.14. The quantitative estimate of drug-likeness (QED) is 0.0163. The molecule has 0 aliphatic carbocycles. The van der Waals surface area contributed by atoms with Crippen LogP contribution in [0.1, 0.15) is 168 Å². The van der Waals surface area contributed by atoms with Gasteiger partial charge in [-0.1, -0.05) is 118 Å². The molecule has 43 heteroatoms. The van der Waals surface area contributed by atoms with Crippen molar-refractivity contribution in [2.24, 2.45) is 33.5 Å². The number of halogens is 8. The first kappa shape index (κ1) is 110. The van der Waals surface area contributed by atoms with Crippen molar-refractivity contribution in [3.63, 3.8) is 0 Å². The number of nitrogens with zero attached hydrogens (tertiary/aromatic N) is 12. The molecule has 8 aromatic heterocycles. The Kier molecular flexibility index (Phi) is 37.7. The molecule has 0 fully saturated rings. The molecule has 726 valence electrons. The number of esters is 3. The first-order chi connectivity index (χ1) is 61.2. The molecule has 133 heavy (non-hydrogen) atoms. The number of nitrogens with one attached hydrogen (secondary N) is 2. The smallest absolute Gasteiger partial charge is 0.319 e. The molecule has 3 N–H and O–H groups in total. The average Bonchev–Trinajstić information content (AvgIpc) is 1.60. The highest BCUT2D eigenvalue weighted by molar-refractivity contribution is 8.00. The highest BCUT2D eigenvalue weighted by Gasteiger charge is 2.36. The molecule has 0 aliphatic heterocycles. The number of fused-ring (bicyclic) bond motifs is 2. The summed E-state index contributed by atoms with van der Waals surface area (Å²) in [4.78, 5) is 86.8. The first-order valence-corrected chi connectivity index (χ1v) is 50.8. The molecular weight excluding hydrogens is 1890 g/mol. The third kappa shape index (κ3) is 33.8. The maximum absolute atomic E-state index is 15.1. The summed E-state index contributed by atoms with van der Waals surface area (Å²) in [5.41, 5.74) is -1.42. The van der Waals surface area contributed by atoms with Crippen LogP contribution in [-0.4, -0.2) is 191 Å². The first-order valence-electron chi connectivity index (χ1n) is 41.6. The lowest BCUT2D eigenvalue weighted by Crippen LogP contribution is -2.40. The minimum Gasteiger partial charge on any atom is -0.481 e. The molecule has 10 aromatic rings. The highest BCUT2D eigenvalue weighted by Crippen LogP contribution is 2.38. The SMILES string of the molecule is CC(C)(C)OC(=O)CS(=O)C[C@@H](Nc1nc(Cl)ncc1F)C(C)(C)C.CC(C)(C)OC(=O)CSC[C@@H](Nc1nc(Cl)ncc1F)C(C)(C)C.Cc1ccc(S(=O)(=O)n2cc(-c3ncc(F)c(C[C@H](CS(=O)CC(=O)O)C(C)(C)C)n3)c3cc(F)cnc32)cc1.Cc1ccc(S(=O)(=O)n2cc(-c3ncc(F)c(C[C@H](CS(=O)CC(=O)OC(C)(C)C)C(C)(C)C)n3)c3cc(F)cnc32)cc1. The zero-order valence-electron chi connectivity index (χ0n) is 78.3. The van der Waals surface area contributed by atoms with E-state index in [4.69, 9.17) is 42.5 Å². The van der Waals surface area contributed by atoms with Crippen molar-refractivity contribution in [1.29, 1.82) is 0 Å². The Morgan fingerprint density at radius 2 is 0.789 bits per heavy atom. The van der Waals surface area contributed by atoms with E-state index in [0.29, 0.717) is 5.75 Å². The molecular formula is C90H114Cl2F6N14O15S6. The Bertz CT molecular complexity index is 6140. The fraction of sp³-hybridized carbons (Fsp3) is 0.489. The molecule has 8 heterocycles. The highest BCUT2D eigenvalue weighted by atomic mass is 35.5. The summed E-state index contributed by atoms with van der Waals surface area (Å²) in [6.07, 6.45) is 8.27. The minimum absolute atomic E-state index is 0.00392. The lowest BCUT2D eigenvalue weighted by Gasteiger charge is -2.32. The third-order valence-corrected chi connectivity index (χ3v) is 28.3. The summed E-state index contributed by atoms with van der Waals surface area (Å²) in [7, 11) is -13.0. The number of carboxylic acid groups (broad SMARTS) is 1. The van der Waals surface area contributed by atoms with Gasteiger partial charge in [-0.05, 0) is 182 Å². The molecule has 0 aliphatic rings. The molecule has 2 aromatic carbocycles. The number of rotatable bonds is 30. The summed E-state index contributed by atoms with van der Waals surface area (Å²) in [5.74, 6) is -7.51. The van der Waals surface area contributed by atoms with Gasteiger partial charge in [-0.2, -0.15) is 9.97 Å². The van der Waals surface area contributed by atoms with Crippen LogP contribution in [0.2, 0.25) is 10.6 Å². The van der Waals surface area contributed by atoms with Gasteiger partial charge in [0.25, 0.3) is 20.0 Å². The average molecular weight is 2010 g/mol. The summed E-state index contributed by atoms with van der Waals surface area (Å²) in [6, 6.07) is 14.2. The van der Waals surface area contributed by atoms with Gasteiger partial charge in [0.05, 0.1) is 64.1 Å². The van der Waals surface area contributed by atoms with Gasteiger partial charge in [-0.25, -0.2) is 91.0 Å². The van der Waals surface area contributed by atoms with Crippen molar-refractivity contribution >= 4 is 145 Å². The molecule has 0 bridgehead atoms. The summed E-state index contributed by atoms with van der Waals surface area (Å²) in [6.45, 7) is 42.7. The number of ether oxygens (including phenoxy) is 3. The topological polar surface area (TPSA) is 399 Å². The standard InChI is InChI=1S/C31H36F2N4O5S2.C27H28F2N4O5S2.C16H25ClFN3O3S.C16H25ClFN3O2S/c1-19-8-10-22(11-9-19)44(40,41)37-16-24(23-13-21(32)14-35-29(23)37)28-34-15-25(33)26(36-28)12-20(30(2,3)4)17-43(39)18-27(38)42-31(5,6)7;1-16-5-7-19(8-6-16)40(37,38)33-13-21(20-10-18(28)11-31-26(20)33)25-30-12-22(29)23(32-25)9-17(27(2,3)4)14-39(36)15-24(34)35;1-15(2,3)11(20-13-10(18)7-19-14(17)21-13)8-25(23)9-12(22)24-16(4,5)6;1-15(2,3)11(8-24-9-12(22)23-16(4,5)6)20-13-10(18)7-19-14(17)21-13/h8-11,13-16,20H,12,17-18H2,1-7H3;5-8,10-13,17H,9,14-15H2,1-4H3,(H,34,35);7,11H,8-9H2,1-6H3,(H,19,20,21);7,11H,8-9H2,1-6H3,(H,19,20,21)/t20-,43?;17-,39?;11-,25?;11-/m1111/s1. The molecule has 0 radical (unpaired) electrons. The van der Waals surface area contributed by atoms with E-state index in [2.05, 4.69) is 60.5 Å². The number of carbonyl (C=O) groups excluding carboxylic acids is 3. The molecule has 7 atom stereocenters. The van der Waals surface area contributed by atoms with Gasteiger partial charge in [0, 0.05) is 102 Å². The van der Waals surface area contributed by atoms with E-state index < -0.39 is 151 Å². The number of hydrogen-bond acceptors (Lipinski definition) is 27. The van der Waals surface area contributed by atoms with Crippen LogP contribution < -0.4 is 10.6 Å². The molecule has 29 nitrogen and oxygen atoms in total. The molecule has 0 saturated carbocycles. The van der Waals surface area contributed by atoms with E-state index in [1.807, 2.05) is 118 Å². The van der Waals surface area contributed by atoms with Crippen molar-refractivity contribution < 1.29 is 94.3 Å². The maximum Gasteiger partial charge on any atom is 0.319 e. The second-order valence-electron chi connectivity index (χ2n) is 38.6. The number of aliphatic carboxylic acids is 1. The van der Waals surface area contributed by atoms with Gasteiger partial charge in [-0.15, -0.1) is 11.8 Å². The predicted octanol–water partition coefficient (Wildman–Crippen LogP) is 17.3. The van der Waals surface area contributed by atoms with Crippen LogP contribution in [-0.2, 0) is 98.7 Å². The molecule has 3 unspecified atom stereocenters. The number of pyridine rings is 2. The van der Waals surface area contributed by atoms with Gasteiger partial charge in [-0.3, -0.25) is 31.8 Å². The summed E-state index contributed by atoms with van der Waals surface area (Å²) in [5, 5.41) is 15.1. The van der Waals surface area contributed by atoms with Crippen LogP contribution in [0.15, 0.2) is 120 Å². The predicted molar refractivity (Wildman–Crippen MR) is 506 cm³/mol. The number of hydrogen-bond donors (Lipinski definition) is 3. The second-order valence-corrected chi connectivity index (χ2v) is 48.4. The Balaban J connectivity index is 0.000000251. The van der Waals surface area contributed by atoms with Crippen LogP contribution in [0.25, 0.3) is 44.8 Å². The van der Waals surface area contributed by atoms with Gasteiger partial charge >= 0.3 is 23.9 Å². The number of benzene rings is 2. The summed E-state index contributed by atoms with van der Waals surface area (Å²) < 4.78 is 196. The van der Waals surface area contributed by atoms with E-state index in [0.717, 1.165) is 68.4 Å². The zero-order chi connectivity index (χ0) is 100.0. The Morgan fingerprint density at radius 1 is 0.451 bits per heavy atom. The number of carbonyl (C=O) groups is 4. The van der Waals surface area contributed by atoms with Gasteiger partial charge in [0.15, 0.2) is 57.8 Å². The fourth-order valence-electron chi connectivity index (χ4n) is 12.4. The van der Waals surface area contributed by atoms with Gasteiger partial charge in [0.1, 0.15) is 45.7 Å². The van der Waals surface area contributed by atoms with E-state index >= 15 is 4.39 Å². The largest absolute Gasteiger partial charge is 0.481 e. The maximum atomic E-state index is 15.1. The second kappa shape index (κ2) is 45.4. The van der Waals surface area contributed by atoms with Crippen LogP contribution in [0.4, 0.5) is 38.0 Å². The van der Waals surface area contributed by atoms with Crippen molar-refractivity contribution in [2.75, 3.05) is 56.7 Å². The molecule has 0 saturated heterocycles. The Labute approximate surface area is 793 Å². The van der Waals surface area contributed by atoms with Crippen LogP contribution in [0.3, 0.4) is 0 Å². The Hall–Kier alpha value is -9.52. The number of aromatic nitrogens is 12. The van der Waals surface area contributed by atoms with Crippen LogP contribution in [0, 0.1) is 82.2 Å². The molecule has 10 rings (SSSR count).